The lowest BCUT2D eigenvalue weighted by atomic mass is 10.0. The van der Waals surface area contributed by atoms with Gasteiger partial charge < -0.3 is 20.8 Å². The van der Waals surface area contributed by atoms with Crippen LogP contribution in [0.25, 0.3) is 10.9 Å². The largest absolute Gasteiger partial charge is 0.372 e. The number of nitrogens with zero attached hydrogens (tertiary/aromatic N) is 3. The van der Waals surface area contributed by atoms with Crippen molar-refractivity contribution in [2.45, 2.75) is 25.4 Å². The molecule has 0 spiro atoms. The van der Waals surface area contributed by atoms with Crippen molar-refractivity contribution in [2.75, 3.05) is 17.7 Å². The van der Waals surface area contributed by atoms with Gasteiger partial charge in [0.05, 0.1) is 11.8 Å². The number of hydrogen-bond donors (Lipinski definition) is 4. The summed E-state index contributed by atoms with van der Waals surface area (Å²) >= 11 is 0. The fourth-order valence-electron chi connectivity index (χ4n) is 3.68. The van der Waals surface area contributed by atoms with Crippen molar-refractivity contribution in [3.8, 4) is 0 Å². The molecule has 142 valence electrons. The Kier molecular flexibility index (Phi) is 4.17. The SMILES string of the molecule is Nc1ncc(Cc2cccc3[nH]ccc23)c(Nc2cc(C3CCCO3)[nH]n2)n1. The van der Waals surface area contributed by atoms with E-state index >= 15 is 0 Å². The highest BCUT2D eigenvalue weighted by molar-refractivity contribution is 5.83. The minimum Gasteiger partial charge on any atom is -0.372 e. The first kappa shape index (κ1) is 16.8. The molecule has 1 aromatic carbocycles. The molecule has 4 heterocycles. The zero-order valence-electron chi connectivity index (χ0n) is 15.3. The van der Waals surface area contributed by atoms with Gasteiger partial charge in [-0.15, -0.1) is 0 Å². The zero-order valence-corrected chi connectivity index (χ0v) is 15.3. The third-order valence-electron chi connectivity index (χ3n) is 5.07. The topological polar surface area (TPSA) is 118 Å². The molecule has 4 aromatic rings. The molecule has 1 saturated heterocycles. The van der Waals surface area contributed by atoms with Gasteiger partial charge in [-0.05, 0) is 30.5 Å². The summed E-state index contributed by atoms with van der Waals surface area (Å²) in [6.07, 6.45) is 6.56. The van der Waals surface area contributed by atoms with Crippen molar-refractivity contribution in [3.63, 3.8) is 0 Å². The average Bonchev–Trinajstić information content (AvgIpc) is 3.45. The summed E-state index contributed by atoms with van der Waals surface area (Å²) in [6, 6.07) is 10.3. The van der Waals surface area contributed by atoms with E-state index < -0.39 is 0 Å². The van der Waals surface area contributed by atoms with Crippen LogP contribution in [0.2, 0.25) is 0 Å². The van der Waals surface area contributed by atoms with E-state index in [-0.39, 0.29) is 12.1 Å². The zero-order chi connectivity index (χ0) is 18.9. The molecule has 0 aliphatic carbocycles. The molecule has 1 aliphatic rings. The molecule has 3 aromatic heterocycles. The lowest BCUT2D eigenvalue weighted by Gasteiger charge is -2.10. The molecule has 0 amide bonds. The summed E-state index contributed by atoms with van der Waals surface area (Å²) < 4.78 is 5.71. The van der Waals surface area contributed by atoms with E-state index in [4.69, 9.17) is 10.5 Å². The summed E-state index contributed by atoms with van der Waals surface area (Å²) in [7, 11) is 0. The number of ether oxygens (including phenoxy) is 1. The maximum Gasteiger partial charge on any atom is 0.221 e. The van der Waals surface area contributed by atoms with E-state index in [0.717, 1.165) is 36.2 Å². The van der Waals surface area contributed by atoms with Gasteiger partial charge in [0.25, 0.3) is 0 Å². The van der Waals surface area contributed by atoms with Crippen molar-refractivity contribution < 1.29 is 4.74 Å². The van der Waals surface area contributed by atoms with E-state index in [9.17, 15) is 0 Å². The first-order valence-corrected chi connectivity index (χ1v) is 9.36. The van der Waals surface area contributed by atoms with Crippen molar-refractivity contribution in [2.24, 2.45) is 0 Å². The number of nitrogen functional groups attached to an aromatic ring is 1. The van der Waals surface area contributed by atoms with Crippen LogP contribution in [0.15, 0.2) is 42.7 Å². The van der Waals surface area contributed by atoms with E-state index in [1.54, 1.807) is 6.20 Å². The Hall–Kier alpha value is -3.39. The summed E-state index contributed by atoms with van der Waals surface area (Å²) in [5.74, 6) is 1.57. The van der Waals surface area contributed by atoms with Crippen LogP contribution in [0.5, 0.6) is 0 Å². The fraction of sp³-hybridized carbons (Fsp3) is 0.250. The molecule has 0 radical (unpaired) electrons. The van der Waals surface area contributed by atoms with Crippen LogP contribution < -0.4 is 11.1 Å². The normalized spacial score (nSPS) is 16.6. The number of nitrogens with two attached hydrogens (primary N) is 1. The number of anilines is 3. The molecule has 0 saturated carbocycles. The van der Waals surface area contributed by atoms with Gasteiger partial charge in [-0.1, -0.05) is 12.1 Å². The standard InChI is InChI=1S/C20H21N7O/c21-20-23-11-13(9-12-3-1-4-15-14(12)6-7-22-15)19(25-20)24-18-10-16(26-27-18)17-5-2-8-28-17/h1,3-4,6-7,10-11,17,22H,2,5,8-9H2,(H4,21,23,24,25,26,27). The smallest absolute Gasteiger partial charge is 0.221 e. The number of aromatic amines is 2. The Labute approximate surface area is 161 Å². The van der Waals surface area contributed by atoms with Crippen molar-refractivity contribution in [1.82, 2.24) is 25.1 Å². The van der Waals surface area contributed by atoms with E-state index in [0.29, 0.717) is 18.1 Å². The first-order chi connectivity index (χ1) is 13.8. The highest BCUT2D eigenvalue weighted by Gasteiger charge is 2.20. The second kappa shape index (κ2) is 6.97. The molecule has 1 aliphatic heterocycles. The summed E-state index contributed by atoms with van der Waals surface area (Å²) in [5.41, 5.74) is 10.1. The van der Waals surface area contributed by atoms with Gasteiger partial charge in [0.2, 0.25) is 5.95 Å². The maximum absolute atomic E-state index is 5.84. The van der Waals surface area contributed by atoms with Crippen molar-refractivity contribution >= 4 is 28.5 Å². The number of fused-ring (bicyclic) bond motifs is 1. The van der Waals surface area contributed by atoms with Crippen LogP contribution >= 0.6 is 0 Å². The van der Waals surface area contributed by atoms with Gasteiger partial charge in [-0.25, -0.2) is 4.98 Å². The van der Waals surface area contributed by atoms with Crippen LogP contribution in [0.3, 0.4) is 0 Å². The molecule has 1 atom stereocenters. The van der Waals surface area contributed by atoms with Gasteiger partial charge in [0, 0.05) is 48.0 Å². The summed E-state index contributed by atoms with van der Waals surface area (Å²) in [6.45, 7) is 0.795. The molecule has 1 fully saturated rings. The molecule has 1 unspecified atom stereocenters. The Morgan fingerprint density at radius 3 is 3.11 bits per heavy atom. The van der Waals surface area contributed by atoms with Gasteiger partial charge in [0.1, 0.15) is 5.82 Å². The lowest BCUT2D eigenvalue weighted by Crippen LogP contribution is -2.05. The lowest BCUT2D eigenvalue weighted by molar-refractivity contribution is 0.108. The monoisotopic (exact) mass is 375 g/mol. The number of benzene rings is 1. The first-order valence-electron chi connectivity index (χ1n) is 9.36. The molecular weight excluding hydrogens is 354 g/mol. The second-order valence-electron chi connectivity index (χ2n) is 6.97. The quantitative estimate of drug-likeness (QED) is 0.424. The third-order valence-corrected chi connectivity index (χ3v) is 5.07. The molecule has 28 heavy (non-hydrogen) atoms. The van der Waals surface area contributed by atoms with E-state index in [2.05, 4.69) is 48.7 Å². The van der Waals surface area contributed by atoms with Crippen LogP contribution in [0, 0.1) is 0 Å². The molecule has 0 bridgehead atoms. The average molecular weight is 375 g/mol. The van der Waals surface area contributed by atoms with E-state index in [1.807, 2.05) is 18.3 Å². The highest BCUT2D eigenvalue weighted by atomic mass is 16.5. The van der Waals surface area contributed by atoms with Gasteiger partial charge >= 0.3 is 0 Å². The van der Waals surface area contributed by atoms with Gasteiger partial charge in [0.15, 0.2) is 5.82 Å². The fourth-order valence-corrected chi connectivity index (χ4v) is 3.68. The Balaban J connectivity index is 1.43. The van der Waals surface area contributed by atoms with Crippen molar-refractivity contribution in [1.29, 1.82) is 0 Å². The molecule has 5 N–H and O–H groups in total. The number of nitrogens with one attached hydrogen (secondary N) is 3. The van der Waals surface area contributed by atoms with Crippen molar-refractivity contribution in [3.05, 3.63) is 59.5 Å². The Morgan fingerprint density at radius 2 is 2.21 bits per heavy atom. The summed E-state index contributed by atoms with van der Waals surface area (Å²) in [4.78, 5) is 11.8. The number of rotatable bonds is 5. The molecule has 5 rings (SSSR count). The number of hydrogen-bond acceptors (Lipinski definition) is 6. The van der Waals surface area contributed by atoms with E-state index in [1.165, 1.54) is 10.9 Å². The molecule has 8 nitrogen and oxygen atoms in total. The van der Waals surface area contributed by atoms with Crippen LogP contribution in [-0.2, 0) is 11.2 Å². The number of H-pyrrole nitrogens is 2. The van der Waals surface area contributed by atoms with Crippen LogP contribution in [0.1, 0.15) is 35.8 Å². The minimum atomic E-state index is 0.0872. The second-order valence-corrected chi connectivity index (χ2v) is 6.97. The third kappa shape index (κ3) is 3.18. The molecule has 8 heteroatoms. The highest BCUT2D eigenvalue weighted by Crippen LogP contribution is 2.30. The molecular formula is C20H21N7O. The van der Waals surface area contributed by atoms with Crippen LogP contribution in [-0.4, -0.2) is 31.8 Å². The number of aromatic nitrogens is 5. The Bertz CT molecular complexity index is 1110. The summed E-state index contributed by atoms with van der Waals surface area (Å²) in [5, 5.41) is 11.9. The maximum atomic E-state index is 5.84. The predicted molar refractivity (Wildman–Crippen MR) is 107 cm³/mol. The van der Waals surface area contributed by atoms with Crippen LogP contribution in [0.4, 0.5) is 17.6 Å². The Morgan fingerprint density at radius 1 is 1.25 bits per heavy atom. The van der Waals surface area contributed by atoms with Gasteiger partial charge in [-0.2, -0.15) is 10.1 Å². The minimum absolute atomic E-state index is 0.0872. The van der Waals surface area contributed by atoms with Gasteiger partial charge in [-0.3, -0.25) is 5.10 Å². The predicted octanol–water partition coefficient (Wildman–Crippen LogP) is 3.45.